The van der Waals surface area contributed by atoms with Crippen LogP contribution in [0.25, 0.3) is 0 Å². The number of aliphatic hydroxyl groups is 4. The third kappa shape index (κ3) is 18.2. The zero-order valence-corrected chi connectivity index (χ0v) is 50.2. The standard InChI is InChI=1S/C31H39N5O7.C18H31N5O6.C13H10O2.CH3F/c1-18(37)25(28(32)40)34-29(41)22-13-8-16-35(22)30(42)23-14-9-17-36(23)31(43)26(19(2)38)33-27(20-10-4-3-5-11-20)21-12-6-7-15-24(21)39;1-9(24)13(19)18(29)23-8-4-6-12(23)17(28)22-7-3-5-11(22)16(27)21-14(10(2)25)15(20)26;14-12-9-5-4-8-11(12)13(15)10-6-2-1-3-7-10;1-2/h3-7,10-12,15,18-19,22-23,25-26,37-39H,8-9,13-14,16-17H2,1-2H3,(H2,32,40)(H,34,41);9-14,24-25H,3-8,19H2,1-2H3,(H2,20,26)(H,21,27);1-9,14H;1H3/t18-,19-,22+,23+,25+,26+;9-,10-,11+,12+,13+,14+;;/m11../s1/i;;;1D. The largest absolute Gasteiger partial charge is 0.507 e. The second-order valence-electron chi connectivity index (χ2n) is 22.0. The Kier molecular flexibility index (Phi) is 26.2. The zero-order valence-electron chi connectivity index (χ0n) is 51.2. The lowest BCUT2D eigenvalue weighted by molar-refractivity contribution is -0.148. The summed E-state index contributed by atoms with van der Waals surface area (Å²) >= 11 is 0. The summed E-state index contributed by atoms with van der Waals surface area (Å²) in [4.78, 5) is 124. The molecule has 0 spiro atoms. The van der Waals surface area contributed by atoms with E-state index in [9.17, 15) is 78.2 Å². The molecule has 26 heteroatoms. The summed E-state index contributed by atoms with van der Waals surface area (Å²) in [6, 6.07) is 22.8. The van der Waals surface area contributed by atoms with E-state index in [1.165, 1.54) is 59.4 Å². The van der Waals surface area contributed by atoms with E-state index in [0.29, 0.717) is 92.4 Å². The average Bonchev–Trinajstić information content (AvgIpc) is 1.62. The maximum absolute atomic E-state index is 14.0. The fourth-order valence-electron chi connectivity index (χ4n) is 11.0. The second-order valence-corrected chi connectivity index (χ2v) is 22.0. The molecular weight excluding hydrogens is 1160 g/mol. The molecule has 4 aromatic carbocycles. The number of phenolic OH excluding ortho intramolecular Hbond substituents is 2. The van der Waals surface area contributed by atoms with Gasteiger partial charge in [0.2, 0.25) is 41.4 Å². The fraction of sp³-hybridized carbons (Fsp3) is 0.460. The van der Waals surface area contributed by atoms with E-state index in [0.717, 1.165) is 0 Å². The van der Waals surface area contributed by atoms with Crippen molar-refractivity contribution in [3.63, 3.8) is 0 Å². The Hall–Kier alpha value is -8.69. The molecule has 0 aromatic heterocycles. The Bertz CT molecular complexity index is 3140. The zero-order chi connectivity index (χ0) is 66.5. The Morgan fingerprint density at radius 3 is 1.26 bits per heavy atom. The quantitative estimate of drug-likeness (QED) is 0.0451. The number of hydrogen-bond donors (Lipinski definition) is 11. The lowest BCUT2D eigenvalue weighted by Gasteiger charge is -2.33. The molecular formula is C63H83FN10O15. The van der Waals surface area contributed by atoms with Crippen LogP contribution in [0, 0.1) is 0 Å². The highest BCUT2D eigenvalue weighted by molar-refractivity contribution is 6.15. The van der Waals surface area contributed by atoms with Gasteiger partial charge >= 0.3 is 0 Å². The van der Waals surface area contributed by atoms with Crippen molar-refractivity contribution >= 4 is 58.8 Å². The van der Waals surface area contributed by atoms with Crippen molar-refractivity contribution in [2.45, 2.75) is 152 Å². The summed E-state index contributed by atoms with van der Waals surface area (Å²) in [5.74, 6) is -4.93. The molecule has 4 aromatic rings. The molecule has 482 valence electrons. The molecule has 8 amide bonds. The van der Waals surface area contributed by atoms with E-state index in [1.807, 2.05) is 12.1 Å². The monoisotopic (exact) mass is 1240 g/mol. The molecule has 14 N–H and O–H groups in total. The number of aliphatic hydroxyl groups excluding tert-OH is 4. The summed E-state index contributed by atoms with van der Waals surface area (Å²) < 4.78 is 15.5. The number of para-hydroxylation sites is 2. The minimum atomic E-state index is -1.30. The third-order valence-corrected chi connectivity index (χ3v) is 15.7. The van der Waals surface area contributed by atoms with E-state index in [2.05, 4.69) is 15.6 Å². The minimum absolute atomic E-state index is 0.0198. The number of carbonyl (C=O) groups excluding carboxylic acids is 9. The molecule has 12 atom stereocenters. The van der Waals surface area contributed by atoms with Crippen LogP contribution in [0.1, 0.15) is 107 Å². The van der Waals surface area contributed by atoms with Crippen molar-refractivity contribution in [1.29, 1.82) is 0 Å². The number of carbonyl (C=O) groups is 9. The number of hydrogen-bond acceptors (Lipinski definition) is 17. The van der Waals surface area contributed by atoms with Gasteiger partial charge in [0.05, 0.1) is 44.2 Å². The molecule has 4 aliphatic heterocycles. The number of nitrogens with one attached hydrogen (secondary N) is 2. The number of phenols is 2. The van der Waals surface area contributed by atoms with E-state index < -0.39 is 121 Å². The number of nitrogens with zero attached hydrogens (tertiary/aromatic N) is 5. The Labute approximate surface area is 517 Å². The van der Waals surface area contributed by atoms with Gasteiger partial charge in [0.25, 0.3) is 5.91 Å². The summed E-state index contributed by atoms with van der Waals surface area (Å²) in [6.07, 6.45) is -0.797. The highest BCUT2D eigenvalue weighted by atomic mass is 19.1. The molecule has 4 fully saturated rings. The van der Waals surface area contributed by atoms with E-state index >= 15 is 0 Å². The number of halogens is 1. The van der Waals surface area contributed by atoms with E-state index in [4.69, 9.17) is 18.6 Å². The van der Waals surface area contributed by atoms with Gasteiger partial charge in [0, 0.05) is 42.9 Å². The molecule has 0 radical (unpaired) electrons. The van der Waals surface area contributed by atoms with E-state index in [1.54, 1.807) is 84.9 Å². The predicted molar refractivity (Wildman–Crippen MR) is 325 cm³/mol. The molecule has 0 saturated carbocycles. The maximum atomic E-state index is 14.0. The van der Waals surface area contributed by atoms with Crippen LogP contribution >= 0.6 is 0 Å². The summed E-state index contributed by atoms with van der Waals surface area (Å²) in [6.45, 7) is 6.77. The van der Waals surface area contributed by atoms with Crippen LogP contribution in [0.3, 0.4) is 0 Å². The molecule has 0 unspecified atom stereocenters. The third-order valence-electron chi connectivity index (χ3n) is 15.7. The average molecular weight is 1240 g/mol. The van der Waals surface area contributed by atoms with Crippen molar-refractivity contribution in [2.24, 2.45) is 22.2 Å². The van der Waals surface area contributed by atoms with Gasteiger partial charge < -0.3 is 78.1 Å². The number of nitrogens with two attached hydrogens (primary N) is 3. The molecule has 4 heterocycles. The number of rotatable bonds is 19. The molecule has 0 bridgehead atoms. The van der Waals surface area contributed by atoms with Crippen LogP contribution in [-0.4, -0.2) is 215 Å². The van der Waals surface area contributed by atoms with Crippen LogP contribution in [0.15, 0.2) is 114 Å². The number of alkyl halides is 1. The van der Waals surface area contributed by atoms with Gasteiger partial charge in [0.15, 0.2) is 11.8 Å². The Morgan fingerprint density at radius 2 is 0.876 bits per heavy atom. The van der Waals surface area contributed by atoms with Crippen LogP contribution in [0.2, 0.25) is 0 Å². The smallest absolute Gasteiger partial charge is 0.250 e. The SMILES string of the molecule is C[C@@H](O)[C@H](N)C(=O)N1CCC[C@H]1C(=O)N1CCC[C@H]1C(=O)N[C@H](C(N)=O)[C@@H](C)O.C[C@@H](O)[C@H](N=C(c1ccccc1)c1ccccc1O)C(=O)N1CCC[C@H]1C(=O)N1CCC[C@H]1C(=O)N[C@H](C(N)=O)[C@@H](C)O.O=C(c1ccccc1)c1ccccc1O.[2H]CF. The number of aliphatic imine (C=N–C) groups is 1. The highest BCUT2D eigenvalue weighted by Crippen LogP contribution is 2.30. The van der Waals surface area contributed by atoms with Gasteiger partial charge in [-0.1, -0.05) is 84.9 Å². The molecule has 8 rings (SSSR count). The predicted octanol–water partition coefficient (Wildman–Crippen LogP) is 0.548. The van der Waals surface area contributed by atoms with Crippen LogP contribution in [-0.2, 0) is 38.4 Å². The Balaban J connectivity index is 0.000000267. The van der Waals surface area contributed by atoms with Crippen LogP contribution in [0.4, 0.5) is 4.39 Å². The number of benzene rings is 4. The molecule has 25 nitrogen and oxygen atoms in total. The number of primary amides is 2. The van der Waals surface area contributed by atoms with Gasteiger partial charge in [-0.2, -0.15) is 0 Å². The van der Waals surface area contributed by atoms with Crippen molar-refractivity contribution in [1.82, 2.24) is 30.2 Å². The molecule has 0 aliphatic carbocycles. The number of aromatic hydroxyl groups is 2. The topological polar surface area (TPSA) is 402 Å². The Morgan fingerprint density at radius 1 is 0.517 bits per heavy atom. The molecule has 89 heavy (non-hydrogen) atoms. The first kappa shape index (κ1) is 69.4. The summed E-state index contributed by atoms with van der Waals surface area (Å²) in [5.41, 5.74) is 18.5. The first-order valence-electron chi connectivity index (χ1n) is 30.0. The lowest BCUT2D eigenvalue weighted by Crippen LogP contribution is -2.58. The number of ketones is 1. The normalized spacial score (nSPS) is 20.8. The van der Waals surface area contributed by atoms with Crippen molar-refractivity contribution in [3.8, 4) is 11.5 Å². The molecule has 4 saturated heterocycles. The van der Waals surface area contributed by atoms with Gasteiger partial charge in [-0.3, -0.25) is 52.5 Å². The number of likely N-dealkylation sites (tertiary alicyclic amines) is 4. The van der Waals surface area contributed by atoms with Crippen molar-refractivity contribution in [2.75, 3.05) is 33.3 Å². The summed E-state index contributed by atoms with van der Waals surface area (Å²) in [7, 11) is -1.00. The maximum Gasteiger partial charge on any atom is 0.250 e. The van der Waals surface area contributed by atoms with Crippen LogP contribution < -0.4 is 27.8 Å². The fourth-order valence-corrected chi connectivity index (χ4v) is 11.0. The second kappa shape index (κ2) is 33.6. The minimum Gasteiger partial charge on any atom is -0.507 e. The number of amides is 8. The van der Waals surface area contributed by atoms with E-state index in [-0.39, 0.29) is 36.3 Å². The van der Waals surface area contributed by atoms with Gasteiger partial charge in [-0.05, 0) is 103 Å². The first-order valence-corrected chi connectivity index (χ1v) is 29.3. The van der Waals surface area contributed by atoms with Gasteiger partial charge in [0.1, 0.15) is 53.8 Å². The highest BCUT2D eigenvalue weighted by Gasteiger charge is 2.46. The van der Waals surface area contributed by atoms with Gasteiger partial charge in [-0.25, -0.2) is 0 Å². The van der Waals surface area contributed by atoms with Crippen LogP contribution in [0.5, 0.6) is 11.5 Å². The molecule has 4 aliphatic rings. The first-order chi connectivity index (χ1) is 42.8. The van der Waals surface area contributed by atoms with Gasteiger partial charge in [-0.15, -0.1) is 0 Å². The van der Waals surface area contributed by atoms with Crippen molar-refractivity contribution in [3.05, 3.63) is 131 Å². The lowest BCUT2D eigenvalue weighted by atomic mass is 10.00. The summed E-state index contributed by atoms with van der Waals surface area (Å²) in [5, 5.41) is 64.8. The van der Waals surface area contributed by atoms with Crippen molar-refractivity contribution < 1.29 is 79.6 Å².